The van der Waals surface area contributed by atoms with E-state index >= 15 is 0 Å². The van der Waals surface area contributed by atoms with Gasteiger partial charge in [0.1, 0.15) is 17.2 Å². The number of hydrogen-bond acceptors (Lipinski definition) is 5. The minimum Gasteiger partial charge on any atom is -0.508 e. The first kappa shape index (κ1) is 18.7. The molecule has 0 spiro atoms. The first-order valence-corrected chi connectivity index (χ1v) is 9.31. The predicted molar refractivity (Wildman–Crippen MR) is 117 cm³/mol. The van der Waals surface area contributed by atoms with Crippen LogP contribution in [-0.2, 0) is 0 Å². The predicted octanol–water partition coefficient (Wildman–Crippen LogP) is 5.76. The Labute approximate surface area is 173 Å². The maximum absolute atomic E-state index is 9.35. The van der Waals surface area contributed by atoms with Gasteiger partial charge in [0.15, 0.2) is 0 Å². The normalized spacial score (nSPS) is 11.4. The molecule has 0 fully saturated rings. The third kappa shape index (κ3) is 4.42. The molecule has 0 bridgehead atoms. The number of nitrogens with one attached hydrogen (secondary N) is 1. The lowest BCUT2D eigenvalue weighted by molar-refractivity contribution is 0.475. The van der Waals surface area contributed by atoms with E-state index in [1.165, 1.54) is 0 Å². The summed E-state index contributed by atoms with van der Waals surface area (Å²) in [6, 6.07) is 23.4. The van der Waals surface area contributed by atoms with Gasteiger partial charge in [-0.15, -0.1) is 0 Å². The van der Waals surface area contributed by atoms with Crippen LogP contribution >= 0.6 is 11.6 Å². The van der Waals surface area contributed by atoms with Crippen molar-refractivity contribution < 1.29 is 9.84 Å². The zero-order valence-electron chi connectivity index (χ0n) is 15.3. The molecule has 29 heavy (non-hydrogen) atoms. The lowest BCUT2D eigenvalue weighted by Gasteiger charge is -2.10. The van der Waals surface area contributed by atoms with Crippen LogP contribution in [0.25, 0.3) is 16.6 Å². The van der Waals surface area contributed by atoms with Crippen molar-refractivity contribution >= 4 is 33.9 Å². The third-order valence-electron chi connectivity index (χ3n) is 4.27. The fourth-order valence-electron chi connectivity index (χ4n) is 2.83. The van der Waals surface area contributed by atoms with Crippen LogP contribution in [0.2, 0.25) is 5.02 Å². The molecule has 0 aliphatic carbocycles. The van der Waals surface area contributed by atoms with Gasteiger partial charge < -0.3 is 20.9 Å². The number of nitrogens with two attached hydrogens (primary N) is 1. The average Bonchev–Trinajstić information content (AvgIpc) is 2.73. The molecule has 0 saturated carbocycles. The highest BCUT2D eigenvalue weighted by atomic mass is 35.5. The third-order valence-corrected chi connectivity index (χ3v) is 4.51. The molecule has 4 N–H and O–H groups in total. The molecule has 0 atom stereocenters. The Bertz CT molecular complexity index is 1190. The molecule has 0 unspecified atom stereocenters. The number of anilines is 1. The molecule has 0 radical (unpaired) electrons. The number of phenols is 1. The van der Waals surface area contributed by atoms with Crippen LogP contribution in [0.5, 0.6) is 17.2 Å². The van der Waals surface area contributed by atoms with Gasteiger partial charge in [-0.3, -0.25) is 0 Å². The topological polar surface area (TPSA) is 80.4 Å². The standard InChI is InChI=1S/C23H18ClN3O2/c24-15-3-1-4-18(13-15)29-23-6-2-5-21-19(23)11-12-22(27-21)20(25)14-26-16-7-9-17(28)10-8-16/h1-14,26,28H,25H2/b20-14-. The quantitative estimate of drug-likeness (QED) is 0.369. The Hall–Kier alpha value is -3.70. The van der Waals surface area contributed by atoms with E-state index in [-0.39, 0.29) is 5.75 Å². The van der Waals surface area contributed by atoms with Crippen LogP contribution in [-0.4, -0.2) is 10.1 Å². The Morgan fingerprint density at radius 3 is 2.59 bits per heavy atom. The number of aromatic hydroxyl groups is 1. The number of phenolic OH excluding ortho intramolecular Hbond substituents is 1. The van der Waals surface area contributed by atoms with Gasteiger partial charge in [0.05, 0.1) is 16.9 Å². The summed E-state index contributed by atoms with van der Waals surface area (Å²) in [5.74, 6) is 1.56. The fourth-order valence-corrected chi connectivity index (χ4v) is 3.01. The molecule has 6 heteroatoms. The molecule has 0 aliphatic rings. The molecule has 5 nitrogen and oxygen atoms in total. The average molecular weight is 404 g/mol. The molecular weight excluding hydrogens is 386 g/mol. The number of fused-ring (bicyclic) bond motifs is 1. The zero-order valence-corrected chi connectivity index (χ0v) is 16.1. The van der Waals surface area contributed by atoms with Gasteiger partial charge in [0.25, 0.3) is 0 Å². The van der Waals surface area contributed by atoms with E-state index < -0.39 is 0 Å². The monoisotopic (exact) mass is 403 g/mol. The van der Waals surface area contributed by atoms with Crippen LogP contribution in [0.3, 0.4) is 0 Å². The van der Waals surface area contributed by atoms with Crippen LogP contribution < -0.4 is 15.8 Å². The summed E-state index contributed by atoms with van der Waals surface area (Å²) >= 11 is 6.04. The Kier molecular flexibility index (Phi) is 5.22. The van der Waals surface area contributed by atoms with E-state index in [0.717, 1.165) is 16.6 Å². The molecule has 0 saturated heterocycles. The summed E-state index contributed by atoms with van der Waals surface area (Å²) in [7, 11) is 0. The van der Waals surface area contributed by atoms with E-state index in [4.69, 9.17) is 22.1 Å². The number of hydrogen-bond donors (Lipinski definition) is 3. The summed E-state index contributed by atoms with van der Waals surface area (Å²) in [6.45, 7) is 0. The van der Waals surface area contributed by atoms with Gasteiger partial charge in [-0.1, -0.05) is 23.7 Å². The smallest absolute Gasteiger partial charge is 0.136 e. The summed E-state index contributed by atoms with van der Waals surface area (Å²) < 4.78 is 5.98. The lowest BCUT2D eigenvalue weighted by atomic mass is 10.1. The second-order valence-electron chi connectivity index (χ2n) is 6.37. The molecule has 0 aliphatic heterocycles. The van der Waals surface area contributed by atoms with E-state index in [1.807, 2.05) is 42.5 Å². The van der Waals surface area contributed by atoms with Gasteiger partial charge >= 0.3 is 0 Å². The van der Waals surface area contributed by atoms with Gasteiger partial charge in [0, 0.05) is 22.3 Å². The van der Waals surface area contributed by atoms with E-state index in [2.05, 4.69) is 10.3 Å². The Balaban J connectivity index is 1.59. The molecule has 0 amide bonds. The number of ether oxygens (including phenoxy) is 1. The fraction of sp³-hybridized carbons (Fsp3) is 0. The largest absolute Gasteiger partial charge is 0.508 e. The highest BCUT2D eigenvalue weighted by Gasteiger charge is 2.07. The molecule has 4 rings (SSSR count). The number of pyridine rings is 1. The van der Waals surface area contributed by atoms with Crippen LogP contribution in [0, 0.1) is 0 Å². The van der Waals surface area contributed by atoms with E-state index in [9.17, 15) is 5.11 Å². The van der Waals surface area contributed by atoms with Crippen LogP contribution in [0.1, 0.15) is 5.69 Å². The van der Waals surface area contributed by atoms with Crippen molar-refractivity contribution in [2.24, 2.45) is 5.73 Å². The molecule has 4 aromatic rings. The number of halogens is 1. The van der Waals surface area contributed by atoms with Gasteiger partial charge in [-0.2, -0.15) is 0 Å². The van der Waals surface area contributed by atoms with Crippen molar-refractivity contribution in [1.29, 1.82) is 0 Å². The van der Waals surface area contributed by atoms with Crippen molar-refractivity contribution in [1.82, 2.24) is 4.98 Å². The minimum absolute atomic E-state index is 0.208. The highest BCUT2D eigenvalue weighted by Crippen LogP contribution is 2.30. The van der Waals surface area contributed by atoms with Crippen LogP contribution in [0.15, 0.2) is 85.1 Å². The SMILES string of the molecule is N/C(=C\Nc1ccc(O)cc1)c1ccc2c(Oc3cccc(Cl)c3)cccc2n1. The molecule has 3 aromatic carbocycles. The molecule has 1 aromatic heterocycles. The zero-order chi connectivity index (χ0) is 20.2. The molecule has 1 heterocycles. The van der Waals surface area contributed by atoms with Crippen LogP contribution in [0.4, 0.5) is 5.69 Å². The maximum Gasteiger partial charge on any atom is 0.136 e. The second kappa shape index (κ2) is 8.12. The van der Waals surface area contributed by atoms with Gasteiger partial charge in [0.2, 0.25) is 0 Å². The Morgan fingerprint density at radius 2 is 1.79 bits per heavy atom. The number of benzene rings is 3. The van der Waals surface area contributed by atoms with Crippen molar-refractivity contribution in [3.05, 3.63) is 95.8 Å². The lowest BCUT2D eigenvalue weighted by Crippen LogP contribution is -2.02. The van der Waals surface area contributed by atoms with E-state index in [0.29, 0.717) is 27.9 Å². The highest BCUT2D eigenvalue weighted by molar-refractivity contribution is 6.30. The number of aromatic nitrogens is 1. The second-order valence-corrected chi connectivity index (χ2v) is 6.81. The summed E-state index contributed by atoms with van der Waals surface area (Å²) in [4.78, 5) is 4.64. The van der Waals surface area contributed by atoms with E-state index in [1.54, 1.807) is 42.6 Å². The first-order valence-electron chi connectivity index (χ1n) is 8.93. The van der Waals surface area contributed by atoms with Gasteiger partial charge in [-0.25, -0.2) is 4.98 Å². The number of nitrogens with zero attached hydrogens (tertiary/aromatic N) is 1. The number of rotatable bonds is 5. The van der Waals surface area contributed by atoms with Crippen molar-refractivity contribution in [3.8, 4) is 17.2 Å². The summed E-state index contributed by atoms with van der Waals surface area (Å²) in [6.07, 6.45) is 1.67. The van der Waals surface area contributed by atoms with Crippen molar-refractivity contribution in [2.45, 2.75) is 0 Å². The maximum atomic E-state index is 9.35. The minimum atomic E-state index is 0.208. The summed E-state index contributed by atoms with van der Waals surface area (Å²) in [5, 5.41) is 13.9. The first-order chi connectivity index (χ1) is 14.1. The van der Waals surface area contributed by atoms with Gasteiger partial charge in [-0.05, 0) is 66.7 Å². The summed E-state index contributed by atoms with van der Waals surface area (Å²) in [5.41, 5.74) is 8.89. The Morgan fingerprint density at radius 1 is 1.00 bits per heavy atom. The molecule has 144 valence electrons. The van der Waals surface area contributed by atoms with Crippen molar-refractivity contribution in [3.63, 3.8) is 0 Å². The molecular formula is C23H18ClN3O2. The van der Waals surface area contributed by atoms with Crippen molar-refractivity contribution in [2.75, 3.05) is 5.32 Å².